The van der Waals surface area contributed by atoms with Crippen molar-refractivity contribution in [1.82, 2.24) is 15.0 Å². The van der Waals surface area contributed by atoms with Crippen LogP contribution in [0.5, 0.6) is 0 Å². The van der Waals surface area contributed by atoms with E-state index in [9.17, 15) is 18.4 Å². The number of alkyl halides is 3. The minimum Gasteiger partial charge on any atom is -0.353 e. The number of aromatic nitrogens is 3. The summed E-state index contributed by atoms with van der Waals surface area (Å²) in [7, 11) is 0. The summed E-state index contributed by atoms with van der Waals surface area (Å²) in [6.07, 6.45) is -0.375. The first-order chi connectivity index (χ1) is 11.5. The van der Waals surface area contributed by atoms with E-state index in [-0.39, 0.29) is 11.4 Å². The maximum atomic E-state index is 13.2. The summed E-state index contributed by atoms with van der Waals surface area (Å²) in [6, 6.07) is 7.04. The lowest BCUT2D eigenvalue weighted by Gasteiger charge is -2.19. The molecule has 1 aliphatic rings. The highest BCUT2D eigenvalue weighted by atomic mass is 19.4. The molecule has 24 heavy (non-hydrogen) atoms. The summed E-state index contributed by atoms with van der Waals surface area (Å²) < 4.78 is 39.6. The summed E-state index contributed by atoms with van der Waals surface area (Å²) in [5.41, 5.74) is -0.955. The number of benzene rings is 1. The van der Waals surface area contributed by atoms with Gasteiger partial charge in [0.05, 0.1) is 11.3 Å². The van der Waals surface area contributed by atoms with Crippen molar-refractivity contribution < 1.29 is 13.2 Å². The van der Waals surface area contributed by atoms with Gasteiger partial charge in [-0.3, -0.25) is 0 Å². The van der Waals surface area contributed by atoms with Gasteiger partial charge in [0.25, 0.3) is 0 Å². The Kier molecular flexibility index (Phi) is 4.42. The highest BCUT2D eigenvalue weighted by Crippen LogP contribution is 2.33. The third kappa shape index (κ3) is 3.20. The molecule has 0 atom stereocenters. The molecule has 0 saturated carbocycles. The van der Waals surface area contributed by atoms with Gasteiger partial charge in [-0.15, -0.1) is 15.0 Å². The van der Waals surface area contributed by atoms with Crippen LogP contribution in [0.15, 0.2) is 24.3 Å². The molecule has 1 saturated heterocycles. The van der Waals surface area contributed by atoms with Crippen molar-refractivity contribution in [2.45, 2.75) is 31.9 Å². The minimum atomic E-state index is -4.51. The van der Waals surface area contributed by atoms with Crippen molar-refractivity contribution >= 4 is 5.82 Å². The van der Waals surface area contributed by atoms with Gasteiger partial charge in [-0.2, -0.15) is 18.4 Å². The Morgan fingerprint density at radius 1 is 1.00 bits per heavy atom. The van der Waals surface area contributed by atoms with Crippen LogP contribution in [0.3, 0.4) is 0 Å². The average Bonchev–Trinajstić information content (AvgIpc) is 2.81. The topological polar surface area (TPSA) is 57.7 Å². The molecule has 0 amide bonds. The van der Waals surface area contributed by atoms with Crippen LogP contribution in [0.4, 0.5) is 19.0 Å². The van der Waals surface area contributed by atoms with E-state index in [4.69, 9.17) is 0 Å². The molecule has 2 aromatic rings. The molecule has 0 radical (unpaired) electrons. The van der Waals surface area contributed by atoms with Crippen molar-refractivity contribution in [2.75, 3.05) is 18.0 Å². The molecule has 0 bridgehead atoms. The van der Waals surface area contributed by atoms with Crippen LogP contribution in [0, 0.1) is 11.3 Å². The molecule has 1 aromatic heterocycles. The summed E-state index contributed by atoms with van der Waals surface area (Å²) in [5, 5.41) is 17.5. The molecule has 3 rings (SSSR count). The average molecular weight is 335 g/mol. The maximum absolute atomic E-state index is 13.2. The monoisotopic (exact) mass is 335 g/mol. The zero-order valence-corrected chi connectivity index (χ0v) is 12.9. The number of halogens is 3. The Morgan fingerprint density at radius 3 is 2.29 bits per heavy atom. The Labute approximate surface area is 137 Å². The van der Waals surface area contributed by atoms with E-state index in [1.54, 1.807) is 0 Å². The van der Waals surface area contributed by atoms with Gasteiger partial charge in [0.15, 0.2) is 5.82 Å². The molecule has 2 heterocycles. The zero-order valence-electron chi connectivity index (χ0n) is 12.9. The second-order valence-electron chi connectivity index (χ2n) is 5.69. The van der Waals surface area contributed by atoms with Gasteiger partial charge in [-0.25, -0.2) is 0 Å². The molecule has 0 N–H and O–H groups in total. The zero-order chi connectivity index (χ0) is 17.2. The first-order valence-corrected chi connectivity index (χ1v) is 7.79. The van der Waals surface area contributed by atoms with Gasteiger partial charge < -0.3 is 4.90 Å². The van der Waals surface area contributed by atoms with Gasteiger partial charge >= 0.3 is 6.18 Å². The Hall–Kier alpha value is -2.56. The first kappa shape index (κ1) is 16.3. The fourth-order valence-corrected chi connectivity index (χ4v) is 2.86. The molecule has 1 aliphatic heterocycles. The second-order valence-corrected chi connectivity index (χ2v) is 5.69. The summed E-state index contributed by atoms with van der Waals surface area (Å²) in [5.74, 6) is 0.358. The van der Waals surface area contributed by atoms with Crippen LogP contribution in [0.2, 0.25) is 0 Å². The van der Waals surface area contributed by atoms with Gasteiger partial charge in [0.2, 0.25) is 5.69 Å². The first-order valence-electron chi connectivity index (χ1n) is 7.79. The van der Waals surface area contributed by atoms with Crippen LogP contribution in [-0.2, 0) is 6.18 Å². The van der Waals surface area contributed by atoms with Gasteiger partial charge in [-0.1, -0.05) is 25.0 Å². The van der Waals surface area contributed by atoms with Crippen LogP contribution in [0.25, 0.3) is 5.69 Å². The highest BCUT2D eigenvalue weighted by molar-refractivity contribution is 5.51. The lowest BCUT2D eigenvalue weighted by molar-refractivity contribution is -0.137. The fourth-order valence-electron chi connectivity index (χ4n) is 2.86. The molecule has 0 unspecified atom stereocenters. The molecular formula is C16H16F3N5. The fraction of sp³-hybridized carbons (Fsp3) is 0.438. The molecule has 8 heteroatoms. The van der Waals surface area contributed by atoms with Crippen molar-refractivity contribution in [1.29, 1.82) is 5.26 Å². The second kappa shape index (κ2) is 6.51. The highest BCUT2D eigenvalue weighted by Gasteiger charge is 2.34. The third-order valence-corrected chi connectivity index (χ3v) is 4.03. The Balaban J connectivity index is 2.04. The molecule has 126 valence electrons. The number of para-hydroxylation sites is 1. The summed E-state index contributed by atoms with van der Waals surface area (Å²) in [6.45, 7) is 1.46. The standard InChI is InChI=1S/C16H16F3N5/c17-16(18,19)12-7-3-4-8-14(12)24-21-13(11-20)15(22-24)23-9-5-1-2-6-10-23/h3-4,7-8H,1-2,5-6,9-10H2. The molecule has 1 aromatic carbocycles. The number of nitrogens with zero attached hydrogens (tertiary/aromatic N) is 5. The number of hydrogen-bond donors (Lipinski definition) is 0. The van der Waals surface area contributed by atoms with E-state index in [2.05, 4.69) is 10.2 Å². The van der Waals surface area contributed by atoms with E-state index >= 15 is 0 Å². The van der Waals surface area contributed by atoms with E-state index in [0.717, 1.165) is 49.6 Å². The smallest absolute Gasteiger partial charge is 0.353 e. The van der Waals surface area contributed by atoms with Crippen LogP contribution in [-0.4, -0.2) is 28.1 Å². The Morgan fingerprint density at radius 2 is 1.67 bits per heavy atom. The number of rotatable bonds is 2. The Bertz CT molecular complexity index is 752. The SMILES string of the molecule is N#Cc1nn(-c2ccccc2C(F)(F)F)nc1N1CCCCCC1. The van der Waals surface area contributed by atoms with Crippen molar-refractivity contribution in [3.8, 4) is 11.8 Å². The molecule has 0 spiro atoms. The van der Waals surface area contributed by atoms with Crippen LogP contribution in [0.1, 0.15) is 36.9 Å². The lowest BCUT2D eigenvalue weighted by Crippen LogP contribution is -2.25. The van der Waals surface area contributed by atoms with Gasteiger partial charge in [0, 0.05) is 13.1 Å². The number of nitriles is 1. The van der Waals surface area contributed by atoms with Crippen molar-refractivity contribution in [2.24, 2.45) is 0 Å². The van der Waals surface area contributed by atoms with Gasteiger partial charge in [-0.05, 0) is 25.0 Å². The molecule has 1 fully saturated rings. The van der Waals surface area contributed by atoms with E-state index < -0.39 is 11.7 Å². The quantitative estimate of drug-likeness (QED) is 0.842. The summed E-state index contributed by atoms with van der Waals surface area (Å²) >= 11 is 0. The number of hydrogen-bond acceptors (Lipinski definition) is 4. The lowest BCUT2D eigenvalue weighted by atomic mass is 10.2. The molecular weight excluding hydrogens is 319 g/mol. The van der Waals surface area contributed by atoms with Crippen LogP contribution >= 0.6 is 0 Å². The van der Waals surface area contributed by atoms with Gasteiger partial charge in [0.1, 0.15) is 6.07 Å². The van der Waals surface area contributed by atoms with Crippen molar-refractivity contribution in [3.63, 3.8) is 0 Å². The molecule has 5 nitrogen and oxygen atoms in total. The maximum Gasteiger partial charge on any atom is 0.418 e. The van der Waals surface area contributed by atoms with E-state index in [1.165, 1.54) is 18.2 Å². The number of anilines is 1. The minimum absolute atomic E-state index is 0.0499. The summed E-state index contributed by atoms with van der Waals surface area (Å²) in [4.78, 5) is 2.85. The normalized spacial score (nSPS) is 15.8. The van der Waals surface area contributed by atoms with E-state index in [0.29, 0.717) is 5.82 Å². The predicted octanol–water partition coefficient (Wildman–Crippen LogP) is 3.54. The largest absolute Gasteiger partial charge is 0.418 e. The van der Waals surface area contributed by atoms with Crippen LogP contribution < -0.4 is 4.90 Å². The molecule has 0 aliphatic carbocycles. The predicted molar refractivity (Wildman–Crippen MR) is 81.8 cm³/mol. The van der Waals surface area contributed by atoms with E-state index in [1.807, 2.05) is 11.0 Å². The third-order valence-electron chi connectivity index (χ3n) is 4.03. The van der Waals surface area contributed by atoms with Crippen molar-refractivity contribution in [3.05, 3.63) is 35.5 Å².